The Labute approximate surface area is 230 Å². The molecule has 1 aliphatic rings. The summed E-state index contributed by atoms with van der Waals surface area (Å²) in [5.74, 6) is 0.686. The van der Waals surface area contributed by atoms with Crippen LogP contribution in [0.3, 0.4) is 0 Å². The van der Waals surface area contributed by atoms with Gasteiger partial charge in [0, 0.05) is 59.9 Å². The summed E-state index contributed by atoms with van der Waals surface area (Å²) in [6.45, 7) is 0.319. The van der Waals surface area contributed by atoms with Crippen LogP contribution < -0.4 is 20.3 Å². The molecule has 1 aliphatic carbocycles. The van der Waals surface area contributed by atoms with Crippen LogP contribution >= 0.6 is 40.7 Å². The molecule has 0 unspecified atom stereocenters. The molecule has 4 rings (SSSR count). The Hall–Kier alpha value is -1.94. The second kappa shape index (κ2) is 13.0. The fourth-order valence-electron chi connectivity index (χ4n) is 4.40. The topological polar surface area (TPSA) is 49.4 Å². The molecule has 1 heterocycles. The van der Waals surface area contributed by atoms with Gasteiger partial charge >= 0.3 is 6.36 Å². The summed E-state index contributed by atoms with van der Waals surface area (Å²) in [5.41, 5.74) is 2.56. The van der Waals surface area contributed by atoms with Gasteiger partial charge in [0.25, 0.3) is 0 Å². The van der Waals surface area contributed by atoms with E-state index >= 15 is 0 Å². The van der Waals surface area contributed by atoms with Gasteiger partial charge in [-0.3, -0.25) is 0 Å². The average molecular weight is 610 g/mol. The Balaban J connectivity index is 0.00000228. The van der Waals surface area contributed by atoms with Crippen LogP contribution in [-0.4, -0.2) is 37.5 Å². The number of aromatic nitrogens is 1. The van der Waals surface area contributed by atoms with Crippen molar-refractivity contribution in [3.05, 3.63) is 58.6 Å². The van der Waals surface area contributed by atoms with E-state index in [1.807, 2.05) is 32.3 Å². The van der Waals surface area contributed by atoms with E-state index < -0.39 is 6.36 Å². The summed E-state index contributed by atoms with van der Waals surface area (Å²) in [6.07, 6.45) is -0.955. The monoisotopic (exact) mass is 608 g/mol. The van der Waals surface area contributed by atoms with E-state index in [2.05, 4.69) is 48.3 Å². The van der Waals surface area contributed by atoms with Gasteiger partial charge in [-0.25, -0.2) is 4.98 Å². The van der Waals surface area contributed by atoms with E-state index in [9.17, 15) is 13.2 Å². The van der Waals surface area contributed by atoms with E-state index in [4.69, 9.17) is 4.98 Å². The molecule has 11 heteroatoms. The summed E-state index contributed by atoms with van der Waals surface area (Å²) >= 11 is 3.21. The minimum absolute atomic E-state index is 0. The average Bonchev–Trinajstić information content (AvgIpc) is 2.78. The SMILES string of the molecule is CN(C)c1cc(N[C@H]2CC[C@@H](NCc3ccc(Br)cc3OC(F)(F)F)CC2)nc2ccccc12.Cl.Cl. The summed E-state index contributed by atoms with van der Waals surface area (Å²) in [5, 5.41) is 8.11. The molecule has 36 heavy (non-hydrogen) atoms. The number of anilines is 2. The molecule has 5 nitrogen and oxygen atoms in total. The molecule has 0 spiro atoms. The van der Waals surface area contributed by atoms with E-state index in [-0.39, 0.29) is 36.6 Å². The van der Waals surface area contributed by atoms with Gasteiger partial charge in [-0.1, -0.05) is 40.2 Å². The maximum atomic E-state index is 12.8. The fraction of sp³-hybridized carbons (Fsp3) is 0.400. The first kappa shape index (κ1) is 30.3. The summed E-state index contributed by atoms with van der Waals surface area (Å²) in [6, 6.07) is 15.5. The number of fused-ring (bicyclic) bond motifs is 1. The number of hydrogen-bond acceptors (Lipinski definition) is 5. The van der Waals surface area contributed by atoms with E-state index in [1.54, 1.807) is 12.1 Å². The lowest BCUT2D eigenvalue weighted by molar-refractivity contribution is -0.274. The smallest absolute Gasteiger partial charge is 0.405 e. The summed E-state index contributed by atoms with van der Waals surface area (Å²) in [4.78, 5) is 6.88. The molecule has 1 fully saturated rings. The van der Waals surface area contributed by atoms with E-state index in [1.165, 1.54) is 6.07 Å². The number of hydrogen-bond donors (Lipinski definition) is 2. The van der Waals surface area contributed by atoms with Crippen molar-refractivity contribution < 1.29 is 17.9 Å². The van der Waals surface area contributed by atoms with E-state index in [0.717, 1.165) is 48.1 Å². The number of nitrogens with zero attached hydrogens (tertiary/aromatic N) is 2. The number of alkyl halides is 3. The van der Waals surface area contributed by atoms with Gasteiger partial charge in [0.05, 0.1) is 5.52 Å². The van der Waals surface area contributed by atoms with Crippen LogP contribution in [0.25, 0.3) is 10.9 Å². The third-order valence-electron chi connectivity index (χ3n) is 6.09. The molecule has 198 valence electrons. The Morgan fingerprint density at radius 2 is 1.67 bits per heavy atom. The quantitative estimate of drug-likeness (QED) is 0.294. The molecule has 1 aromatic heterocycles. The minimum Gasteiger partial charge on any atom is -0.405 e. The van der Waals surface area contributed by atoms with Crippen molar-refractivity contribution in [2.45, 2.75) is 50.7 Å². The number of pyridine rings is 1. The van der Waals surface area contributed by atoms with Crippen LogP contribution in [-0.2, 0) is 6.54 Å². The first-order valence-electron chi connectivity index (χ1n) is 11.3. The maximum absolute atomic E-state index is 12.8. The van der Waals surface area contributed by atoms with Crippen molar-refractivity contribution in [3.63, 3.8) is 0 Å². The molecule has 0 aliphatic heterocycles. The predicted molar refractivity (Wildman–Crippen MR) is 148 cm³/mol. The molecular formula is C25H30BrCl2F3N4O. The Morgan fingerprint density at radius 1 is 1.00 bits per heavy atom. The first-order chi connectivity index (χ1) is 16.2. The minimum atomic E-state index is -4.72. The van der Waals surface area contributed by atoms with Gasteiger partial charge in [-0.15, -0.1) is 38.0 Å². The largest absolute Gasteiger partial charge is 0.573 e. The number of ether oxygens (including phenoxy) is 1. The number of nitrogens with one attached hydrogen (secondary N) is 2. The zero-order valence-corrected chi connectivity index (χ0v) is 23.2. The lowest BCUT2D eigenvalue weighted by Gasteiger charge is -2.30. The van der Waals surface area contributed by atoms with Crippen molar-refractivity contribution in [2.75, 3.05) is 24.3 Å². The lowest BCUT2D eigenvalue weighted by atomic mass is 9.91. The summed E-state index contributed by atoms with van der Waals surface area (Å²) in [7, 11) is 4.05. The van der Waals surface area contributed by atoms with Gasteiger partial charge in [0.15, 0.2) is 0 Å². The molecule has 2 N–H and O–H groups in total. The van der Waals surface area contributed by atoms with Crippen molar-refractivity contribution in [3.8, 4) is 5.75 Å². The Kier molecular flexibility index (Phi) is 11.0. The standard InChI is InChI=1S/C25H28BrF3N4O.2ClH/c1-33(2)22-14-24(32-21-6-4-3-5-20(21)22)31-19-11-9-18(10-12-19)30-15-16-7-8-17(26)13-23(16)34-25(27,28)29;;/h3-8,13-14,18-19,30H,9-12,15H2,1-2H3,(H,31,32);2*1H/t18-,19+;;. The maximum Gasteiger partial charge on any atom is 0.573 e. The van der Waals surface area contributed by atoms with Gasteiger partial charge in [0.1, 0.15) is 11.6 Å². The third-order valence-corrected chi connectivity index (χ3v) is 6.58. The van der Waals surface area contributed by atoms with Crippen molar-refractivity contribution in [1.29, 1.82) is 0 Å². The molecule has 0 radical (unpaired) electrons. The van der Waals surface area contributed by atoms with Crippen molar-refractivity contribution in [1.82, 2.24) is 10.3 Å². The highest BCUT2D eigenvalue weighted by atomic mass is 79.9. The van der Waals surface area contributed by atoms with Crippen LogP contribution in [0.2, 0.25) is 0 Å². The second-order valence-corrected chi connectivity index (χ2v) is 9.73. The summed E-state index contributed by atoms with van der Waals surface area (Å²) < 4.78 is 43.0. The highest BCUT2D eigenvalue weighted by Gasteiger charge is 2.32. The third kappa shape index (κ3) is 8.03. The van der Waals surface area contributed by atoms with Crippen LogP contribution in [0.15, 0.2) is 53.0 Å². The van der Waals surface area contributed by atoms with Crippen molar-refractivity contribution >= 4 is 63.2 Å². The highest BCUT2D eigenvalue weighted by molar-refractivity contribution is 9.10. The predicted octanol–water partition coefficient (Wildman–Crippen LogP) is 7.32. The molecule has 0 atom stereocenters. The molecular weight excluding hydrogens is 580 g/mol. The Bertz CT molecular complexity index is 1140. The molecule has 0 bridgehead atoms. The van der Waals surface area contributed by atoms with Crippen LogP contribution in [0, 0.1) is 0 Å². The van der Waals surface area contributed by atoms with Gasteiger partial charge in [0.2, 0.25) is 0 Å². The molecule has 2 aromatic carbocycles. The van der Waals surface area contributed by atoms with Crippen LogP contribution in [0.5, 0.6) is 5.75 Å². The first-order valence-corrected chi connectivity index (χ1v) is 12.1. The molecule has 1 saturated carbocycles. The molecule has 0 saturated heterocycles. The Morgan fingerprint density at radius 3 is 2.33 bits per heavy atom. The number of rotatable bonds is 7. The highest BCUT2D eigenvalue weighted by Crippen LogP contribution is 2.31. The van der Waals surface area contributed by atoms with Gasteiger partial charge in [-0.2, -0.15) is 0 Å². The number of benzene rings is 2. The van der Waals surface area contributed by atoms with Gasteiger partial charge in [-0.05, 0) is 43.9 Å². The normalized spacial score (nSPS) is 17.6. The van der Waals surface area contributed by atoms with Gasteiger partial charge < -0.3 is 20.3 Å². The molecule has 0 amide bonds. The lowest BCUT2D eigenvalue weighted by Crippen LogP contribution is -2.37. The zero-order valence-electron chi connectivity index (χ0n) is 19.9. The molecule has 3 aromatic rings. The zero-order chi connectivity index (χ0) is 24.3. The van der Waals surface area contributed by atoms with Crippen molar-refractivity contribution in [2.24, 2.45) is 0 Å². The number of para-hydroxylation sites is 1. The van der Waals surface area contributed by atoms with Crippen LogP contribution in [0.1, 0.15) is 31.2 Å². The van der Waals surface area contributed by atoms with Crippen LogP contribution in [0.4, 0.5) is 24.7 Å². The second-order valence-electron chi connectivity index (χ2n) is 8.81. The number of halogens is 6. The fourth-order valence-corrected chi connectivity index (χ4v) is 4.74. The van der Waals surface area contributed by atoms with E-state index in [0.29, 0.717) is 22.6 Å².